The fraction of sp³-hybridized carbons (Fsp3) is 0.286. The van der Waals surface area contributed by atoms with Gasteiger partial charge in [0.05, 0.1) is 12.8 Å². The van der Waals surface area contributed by atoms with E-state index in [1.165, 1.54) is 4.68 Å². The standard InChI is InChI=1S/C28H29N5O3/c1-4-36-28(34)18-33-17-27(30-32-33)22-11-9-21(10-12-22)25(24-8-6-5-7-19(24)2)16-26(31-35)23-13-14-29-20(3)15-23/h5-15,17,25-26H,4,16,18H2,1-3H3. The van der Waals surface area contributed by atoms with Crippen molar-refractivity contribution in [2.45, 2.75) is 45.7 Å². The molecule has 0 radical (unpaired) electrons. The Morgan fingerprint density at radius 2 is 1.83 bits per heavy atom. The van der Waals surface area contributed by atoms with E-state index in [2.05, 4.69) is 51.7 Å². The lowest BCUT2D eigenvalue weighted by molar-refractivity contribution is -0.144. The Bertz CT molecular complexity index is 1330. The Morgan fingerprint density at radius 3 is 2.53 bits per heavy atom. The van der Waals surface area contributed by atoms with E-state index in [0.29, 0.717) is 18.7 Å². The van der Waals surface area contributed by atoms with E-state index in [9.17, 15) is 9.70 Å². The molecule has 0 fully saturated rings. The van der Waals surface area contributed by atoms with Crippen LogP contribution < -0.4 is 0 Å². The van der Waals surface area contributed by atoms with Gasteiger partial charge in [-0.1, -0.05) is 58.9 Å². The summed E-state index contributed by atoms with van der Waals surface area (Å²) in [7, 11) is 0. The lowest BCUT2D eigenvalue weighted by atomic mass is 9.82. The van der Waals surface area contributed by atoms with Gasteiger partial charge < -0.3 is 4.74 Å². The van der Waals surface area contributed by atoms with Crippen LogP contribution in [-0.2, 0) is 16.1 Å². The van der Waals surface area contributed by atoms with Gasteiger partial charge in [0.15, 0.2) is 0 Å². The highest BCUT2D eigenvalue weighted by atomic mass is 16.5. The largest absolute Gasteiger partial charge is 0.465 e. The Balaban J connectivity index is 1.62. The van der Waals surface area contributed by atoms with Crippen molar-refractivity contribution in [1.29, 1.82) is 0 Å². The van der Waals surface area contributed by atoms with Crippen LogP contribution in [0.15, 0.2) is 78.2 Å². The summed E-state index contributed by atoms with van der Waals surface area (Å²) in [5.41, 5.74) is 6.66. The van der Waals surface area contributed by atoms with Gasteiger partial charge in [-0.3, -0.25) is 9.78 Å². The van der Waals surface area contributed by atoms with E-state index in [0.717, 1.165) is 33.5 Å². The molecule has 2 aromatic heterocycles. The number of benzene rings is 2. The number of hydrogen-bond acceptors (Lipinski definition) is 7. The average molecular weight is 484 g/mol. The van der Waals surface area contributed by atoms with Gasteiger partial charge in [0.2, 0.25) is 0 Å². The van der Waals surface area contributed by atoms with Crippen molar-refractivity contribution < 1.29 is 9.53 Å². The van der Waals surface area contributed by atoms with E-state index in [1.807, 2.05) is 43.3 Å². The van der Waals surface area contributed by atoms with Gasteiger partial charge in [0.25, 0.3) is 0 Å². The average Bonchev–Trinajstić information content (AvgIpc) is 3.34. The Kier molecular flexibility index (Phi) is 7.95. The number of aromatic nitrogens is 4. The van der Waals surface area contributed by atoms with Crippen LogP contribution in [0.2, 0.25) is 0 Å². The molecule has 184 valence electrons. The van der Waals surface area contributed by atoms with Gasteiger partial charge in [0, 0.05) is 23.4 Å². The Labute approximate surface area is 210 Å². The fourth-order valence-electron chi connectivity index (χ4n) is 4.39. The molecule has 8 nitrogen and oxygen atoms in total. The summed E-state index contributed by atoms with van der Waals surface area (Å²) in [6.45, 7) is 6.10. The molecule has 0 saturated heterocycles. The zero-order valence-corrected chi connectivity index (χ0v) is 20.7. The van der Waals surface area contributed by atoms with E-state index in [4.69, 9.17) is 4.74 Å². The van der Waals surface area contributed by atoms with Gasteiger partial charge in [-0.05, 0) is 61.6 Å². The quantitative estimate of drug-likeness (QED) is 0.217. The van der Waals surface area contributed by atoms with Gasteiger partial charge in [0.1, 0.15) is 18.3 Å². The maximum Gasteiger partial charge on any atom is 0.327 e. The maximum absolute atomic E-state index is 11.9. The van der Waals surface area contributed by atoms with E-state index < -0.39 is 6.04 Å². The van der Waals surface area contributed by atoms with Crippen molar-refractivity contribution >= 4 is 5.97 Å². The first-order valence-electron chi connectivity index (χ1n) is 11.9. The molecule has 8 heteroatoms. The number of carbonyl (C=O) groups excluding carboxylic acids is 1. The molecule has 0 bridgehead atoms. The minimum atomic E-state index is -0.501. The van der Waals surface area contributed by atoms with Crippen LogP contribution in [-0.4, -0.2) is 32.6 Å². The molecule has 0 aliphatic heterocycles. The molecule has 4 rings (SSSR count). The summed E-state index contributed by atoms with van der Waals surface area (Å²) in [5.74, 6) is -0.385. The highest BCUT2D eigenvalue weighted by molar-refractivity contribution is 5.69. The molecule has 36 heavy (non-hydrogen) atoms. The number of pyridine rings is 1. The van der Waals surface area contributed by atoms with Crippen LogP contribution in [0.25, 0.3) is 11.3 Å². The summed E-state index contributed by atoms with van der Waals surface area (Å²) < 4.78 is 6.44. The van der Waals surface area contributed by atoms with Crippen LogP contribution in [0.4, 0.5) is 0 Å². The highest BCUT2D eigenvalue weighted by Gasteiger charge is 2.24. The summed E-state index contributed by atoms with van der Waals surface area (Å²) >= 11 is 0. The van der Waals surface area contributed by atoms with Gasteiger partial charge >= 0.3 is 5.97 Å². The predicted molar refractivity (Wildman–Crippen MR) is 137 cm³/mol. The number of rotatable bonds is 10. The number of hydrogen-bond donors (Lipinski definition) is 0. The number of esters is 1. The Hall–Kier alpha value is -4.20. The number of carbonyl (C=O) groups is 1. The SMILES string of the molecule is CCOC(=O)Cn1cc(-c2ccc(C(CC(N=O)c3ccnc(C)c3)c3ccccc3C)cc2)nn1. The maximum atomic E-state index is 11.9. The zero-order chi connectivity index (χ0) is 25.5. The smallest absolute Gasteiger partial charge is 0.327 e. The second kappa shape index (κ2) is 11.5. The molecule has 4 aromatic rings. The molecule has 2 aromatic carbocycles. The second-order valence-electron chi connectivity index (χ2n) is 8.73. The third-order valence-corrected chi connectivity index (χ3v) is 6.20. The van der Waals surface area contributed by atoms with Crippen LogP contribution in [0.5, 0.6) is 0 Å². The van der Waals surface area contributed by atoms with Crippen molar-refractivity contribution in [3.63, 3.8) is 0 Å². The molecule has 2 unspecified atom stereocenters. The van der Waals surface area contributed by atoms with Crippen molar-refractivity contribution in [3.8, 4) is 11.3 Å². The topological polar surface area (TPSA) is 99.3 Å². The molecular weight excluding hydrogens is 454 g/mol. The zero-order valence-electron chi connectivity index (χ0n) is 20.7. The lowest BCUT2D eigenvalue weighted by Crippen LogP contribution is -2.13. The summed E-state index contributed by atoms with van der Waals surface area (Å²) in [5, 5.41) is 11.7. The number of ether oxygens (including phenoxy) is 1. The van der Waals surface area contributed by atoms with Crippen LogP contribution in [0.1, 0.15) is 53.3 Å². The molecule has 2 heterocycles. The first kappa shape index (κ1) is 24.9. The van der Waals surface area contributed by atoms with E-state index in [-0.39, 0.29) is 18.4 Å². The van der Waals surface area contributed by atoms with Crippen molar-refractivity contribution in [2.24, 2.45) is 5.18 Å². The summed E-state index contributed by atoms with van der Waals surface area (Å²) in [6, 6.07) is 19.6. The first-order valence-corrected chi connectivity index (χ1v) is 11.9. The number of aryl methyl sites for hydroxylation is 2. The van der Waals surface area contributed by atoms with Gasteiger partial charge in [-0.2, -0.15) is 4.91 Å². The minimum absolute atomic E-state index is 0.0167. The summed E-state index contributed by atoms with van der Waals surface area (Å²) in [4.78, 5) is 27.9. The Morgan fingerprint density at radius 1 is 1.06 bits per heavy atom. The second-order valence-corrected chi connectivity index (χ2v) is 8.73. The van der Waals surface area contributed by atoms with Crippen LogP contribution in [0.3, 0.4) is 0 Å². The van der Waals surface area contributed by atoms with Crippen LogP contribution >= 0.6 is 0 Å². The molecule has 0 spiro atoms. The van der Waals surface area contributed by atoms with Crippen molar-refractivity contribution in [2.75, 3.05) is 6.61 Å². The number of nitroso groups, excluding NO2 is 1. The monoisotopic (exact) mass is 483 g/mol. The third kappa shape index (κ3) is 5.89. The van der Waals surface area contributed by atoms with Crippen molar-refractivity contribution in [3.05, 3.63) is 106 Å². The molecule has 0 aliphatic rings. The highest BCUT2D eigenvalue weighted by Crippen LogP contribution is 2.37. The molecule has 2 atom stereocenters. The summed E-state index contributed by atoms with van der Waals surface area (Å²) in [6.07, 6.45) is 3.98. The normalized spacial score (nSPS) is 12.6. The van der Waals surface area contributed by atoms with E-state index in [1.54, 1.807) is 19.3 Å². The van der Waals surface area contributed by atoms with Crippen molar-refractivity contribution in [1.82, 2.24) is 20.0 Å². The predicted octanol–water partition coefficient (Wildman–Crippen LogP) is 5.55. The molecule has 0 saturated carbocycles. The molecule has 0 N–H and O–H groups in total. The fourth-order valence-corrected chi connectivity index (χ4v) is 4.39. The third-order valence-electron chi connectivity index (χ3n) is 6.20. The lowest BCUT2D eigenvalue weighted by Gasteiger charge is -2.23. The van der Waals surface area contributed by atoms with Crippen LogP contribution in [0, 0.1) is 18.8 Å². The van der Waals surface area contributed by atoms with Gasteiger partial charge in [-0.25, -0.2) is 4.68 Å². The molecule has 0 aliphatic carbocycles. The van der Waals surface area contributed by atoms with Gasteiger partial charge in [-0.15, -0.1) is 5.10 Å². The first-order chi connectivity index (χ1) is 17.5. The molecule has 0 amide bonds. The minimum Gasteiger partial charge on any atom is -0.465 e. The molecular formula is C28H29N5O3. The number of nitrogens with zero attached hydrogens (tertiary/aromatic N) is 5. The van der Waals surface area contributed by atoms with E-state index >= 15 is 0 Å².